The topological polar surface area (TPSA) is 75.4 Å². The molecule has 0 radical (unpaired) electrons. The summed E-state index contributed by atoms with van der Waals surface area (Å²) in [5.41, 5.74) is 6.96. The van der Waals surface area contributed by atoms with Crippen LogP contribution in [0.15, 0.2) is 24.3 Å². The monoisotopic (exact) mass is 290 g/mol. The Kier molecular flexibility index (Phi) is 5.62. The fourth-order valence-electron chi connectivity index (χ4n) is 3.08. The van der Waals surface area contributed by atoms with Crippen molar-refractivity contribution in [2.45, 2.75) is 57.5 Å². The fourth-order valence-corrected chi connectivity index (χ4v) is 3.08. The molecule has 2 rings (SSSR count). The van der Waals surface area contributed by atoms with Gasteiger partial charge in [0, 0.05) is 6.04 Å². The zero-order valence-corrected chi connectivity index (χ0v) is 12.7. The van der Waals surface area contributed by atoms with Crippen LogP contribution in [0.5, 0.6) is 5.75 Å². The van der Waals surface area contributed by atoms with E-state index in [9.17, 15) is 9.90 Å². The molecule has 4 nitrogen and oxygen atoms in total. The van der Waals surface area contributed by atoms with Crippen molar-refractivity contribution in [3.63, 3.8) is 0 Å². The number of aromatic hydroxyl groups is 1. The normalized spacial score (nSPS) is 23.5. The van der Waals surface area contributed by atoms with Crippen LogP contribution < -0.4 is 11.1 Å². The fraction of sp³-hybridized carbons (Fsp3) is 0.588. The van der Waals surface area contributed by atoms with Gasteiger partial charge in [-0.1, -0.05) is 38.3 Å². The average molecular weight is 290 g/mol. The number of hydrogen-bond donors (Lipinski definition) is 3. The zero-order chi connectivity index (χ0) is 15.2. The van der Waals surface area contributed by atoms with Crippen molar-refractivity contribution in [3.8, 4) is 5.75 Å². The molecule has 1 fully saturated rings. The van der Waals surface area contributed by atoms with Gasteiger partial charge in [-0.25, -0.2) is 0 Å². The van der Waals surface area contributed by atoms with E-state index in [1.54, 1.807) is 24.3 Å². The first-order chi connectivity index (χ1) is 10.1. The third kappa shape index (κ3) is 4.74. The van der Waals surface area contributed by atoms with Gasteiger partial charge in [-0.15, -0.1) is 0 Å². The molecule has 0 aromatic heterocycles. The summed E-state index contributed by atoms with van der Waals surface area (Å²) in [4.78, 5) is 12.2. The first kappa shape index (κ1) is 15.8. The molecular weight excluding hydrogens is 264 g/mol. The highest BCUT2D eigenvalue weighted by atomic mass is 16.3. The quantitative estimate of drug-likeness (QED) is 0.779. The lowest BCUT2D eigenvalue weighted by Crippen LogP contribution is -2.47. The van der Waals surface area contributed by atoms with Crippen LogP contribution in [0, 0.1) is 5.92 Å². The van der Waals surface area contributed by atoms with E-state index in [4.69, 9.17) is 5.73 Å². The minimum atomic E-state index is -0.531. The van der Waals surface area contributed by atoms with Crippen LogP contribution in [0.2, 0.25) is 0 Å². The smallest absolute Gasteiger partial charge is 0.237 e. The number of phenolic OH excluding ortho intramolecular Hbond substituents is 1. The Hall–Kier alpha value is -1.55. The Balaban J connectivity index is 1.83. The molecule has 0 heterocycles. The summed E-state index contributed by atoms with van der Waals surface area (Å²) in [7, 11) is 0. The van der Waals surface area contributed by atoms with E-state index >= 15 is 0 Å². The molecule has 1 aromatic rings. The Bertz CT molecular complexity index is 458. The summed E-state index contributed by atoms with van der Waals surface area (Å²) in [6.07, 6.45) is 6.30. The van der Waals surface area contributed by atoms with Crippen molar-refractivity contribution < 1.29 is 9.90 Å². The molecule has 4 N–H and O–H groups in total. The minimum Gasteiger partial charge on any atom is -0.508 e. The molecule has 4 heteroatoms. The first-order valence-electron chi connectivity index (χ1n) is 7.92. The minimum absolute atomic E-state index is 0.0650. The summed E-state index contributed by atoms with van der Waals surface area (Å²) in [6.45, 7) is 2.21. The molecule has 0 spiro atoms. The Morgan fingerprint density at radius 2 is 2.10 bits per heavy atom. The molecule has 0 aliphatic heterocycles. The van der Waals surface area contributed by atoms with E-state index in [0.717, 1.165) is 24.3 Å². The van der Waals surface area contributed by atoms with Crippen LogP contribution in [0.1, 0.15) is 44.6 Å². The number of nitrogens with two attached hydrogens (primary N) is 1. The number of carbonyl (C=O) groups is 1. The molecule has 1 aliphatic rings. The second-order valence-electron chi connectivity index (χ2n) is 6.12. The van der Waals surface area contributed by atoms with E-state index < -0.39 is 6.04 Å². The van der Waals surface area contributed by atoms with Crippen molar-refractivity contribution in [2.75, 3.05) is 0 Å². The molecule has 1 aromatic carbocycles. The highest BCUT2D eigenvalue weighted by molar-refractivity contribution is 5.82. The van der Waals surface area contributed by atoms with E-state index in [1.165, 1.54) is 19.3 Å². The molecule has 1 aliphatic carbocycles. The van der Waals surface area contributed by atoms with Gasteiger partial charge in [-0.05, 0) is 42.9 Å². The van der Waals surface area contributed by atoms with Crippen molar-refractivity contribution in [2.24, 2.45) is 11.7 Å². The highest BCUT2D eigenvalue weighted by Gasteiger charge is 2.24. The van der Waals surface area contributed by atoms with Gasteiger partial charge in [0.25, 0.3) is 0 Å². The molecule has 1 amide bonds. The molecular formula is C17H26N2O2. The van der Waals surface area contributed by atoms with Gasteiger partial charge in [-0.2, -0.15) is 0 Å². The Morgan fingerprint density at radius 3 is 2.76 bits per heavy atom. The van der Waals surface area contributed by atoms with Crippen LogP contribution in [-0.4, -0.2) is 23.1 Å². The van der Waals surface area contributed by atoms with Gasteiger partial charge < -0.3 is 16.2 Å². The summed E-state index contributed by atoms with van der Waals surface area (Å²) in [5, 5.41) is 12.4. The van der Waals surface area contributed by atoms with E-state index in [2.05, 4.69) is 12.2 Å². The van der Waals surface area contributed by atoms with Crippen molar-refractivity contribution >= 4 is 5.91 Å². The van der Waals surface area contributed by atoms with Crippen molar-refractivity contribution in [1.29, 1.82) is 0 Å². The molecule has 3 atom stereocenters. The van der Waals surface area contributed by atoms with Gasteiger partial charge in [-0.3, -0.25) is 4.79 Å². The Morgan fingerprint density at radius 1 is 1.38 bits per heavy atom. The molecule has 0 saturated heterocycles. The second kappa shape index (κ2) is 7.46. The summed E-state index contributed by atoms with van der Waals surface area (Å²) in [6, 6.07) is 6.59. The Labute approximate surface area is 126 Å². The predicted octanol–water partition coefficient (Wildman–Crippen LogP) is 2.35. The maximum absolute atomic E-state index is 12.2. The van der Waals surface area contributed by atoms with Crippen LogP contribution >= 0.6 is 0 Å². The summed E-state index contributed by atoms with van der Waals surface area (Å²) < 4.78 is 0. The van der Waals surface area contributed by atoms with Gasteiger partial charge in [0.05, 0.1) is 6.04 Å². The lowest BCUT2D eigenvalue weighted by atomic mass is 9.84. The van der Waals surface area contributed by atoms with E-state index in [1.807, 2.05) is 0 Å². The van der Waals surface area contributed by atoms with Gasteiger partial charge in [0.1, 0.15) is 5.75 Å². The van der Waals surface area contributed by atoms with Crippen LogP contribution in [0.4, 0.5) is 0 Å². The van der Waals surface area contributed by atoms with E-state index in [-0.39, 0.29) is 17.7 Å². The van der Waals surface area contributed by atoms with Crippen molar-refractivity contribution in [3.05, 3.63) is 29.8 Å². The van der Waals surface area contributed by atoms with Gasteiger partial charge in [0.15, 0.2) is 0 Å². The van der Waals surface area contributed by atoms with Gasteiger partial charge in [0.2, 0.25) is 5.91 Å². The zero-order valence-electron chi connectivity index (χ0n) is 12.7. The predicted molar refractivity (Wildman–Crippen MR) is 84.0 cm³/mol. The largest absolute Gasteiger partial charge is 0.508 e. The number of phenols is 1. The maximum atomic E-state index is 12.2. The SMILES string of the molecule is CCC1CCCC(NC(=O)[C@H](N)Cc2ccc(O)cc2)C1. The number of nitrogens with one attached hydrogen (secondary N) is 1. The first-order valence-corrected chi connectivity index (χ1v) is 7.92. The standard InChI is InChI=1S/C17H26N2O2/c1-2-12-4-3-5-14(10-12)19-17(21)16(18)11-13-6-8-15(20)9-7-13/h6-9,12,14,16,20H,2-5,10-11,18H2,1H3,(H,19,21)/t12?,14?,16-/m1/s1. The van der Waals surface area contributed by atoms with E-state index in [0.29, 0.717) is 6.42 Å². The third-order valence-electron chi connectivity index (χ3n) is 4.44. The van der Waals surface area contributed by atoms with Crippen molar-refractivity contribution in [1.82, 2.24) is 5.32 Å². The summed E-state index contributed by atoms with van der Waals surface area (Å²) >= 11 is 0. The average Bonchev–Trinajstić information content (AvgIpc) is 2.49. The highest BCUT2D eigenvalue weighted by Crippen LogP contribution is 2.26. The molecule has 0 bridgehead atoms. The summed E-state index contributed by atoms with van der Waals surface area (Å²) in [5.74, 6) is 0.895. The lowest BCUT2D eigenvalue weighted by molar-refractivity contribution is -0.123. The number of carbonyl (C=O) groups excluding carboxylic acids is 1. The number of amides is 1. The van der Waals surface area contributed by atoms with Gasteiger partial charge >= 0.3 is 0 Å². The number of rotatable bonds is 5. The lowest BCUT2D eigenvalue weighted by Gasteiger charge is -2.30. The van der Waals surface area contributed by atoms with Crippen LogP contribution in [0.25, 0.3) is 0 Å². The number of benzene rings is 1. The number of hydrogen-bond acceptors (Lipinski definition) is 3. The molecule has 116 valence electrons. The van der Waals surface area contributed by atoms with Crippen LogP contribution in [-0.2, 0) is 11.2 Å². The maximum Gasteiger partial charge on any atom is 0.237 e. The molecule has 21 heavy (non-hydrogen) atoms. The third-order valence-corrected chi connectivity index (χ3v) is 4.44. The molecule has 2 unspecified atom stereocenters. The van der Waals surface area contributed by atoms with Crippen LogP contribution in [0.3, 0.4) is 0 Å². The second-order valence-corrected chi connectivity index (χ2v) is 6.12. The molecule has 1 saturated carbocycles.